The second-order valence-corrected chi connectivity index (χ2v) is 6.31. The number of alkyl halides is 1. The van der Waals surface area contributed by atoms with E-state index >= 15 is 0 Å². The van der Waals surface area contributed by atoms with Gasteiger partial charge in [0.1, 0.15) is 12.4 Å². The normalized spacial score (nSPS) is 17.9. The van der Waals surface area contributed by atoms with Gasteiger partial charge in [-0.05, 0) is 50.0 Å². The first kappa shape index (κ1) is 14.4. The van der Waals surface area contributed by atoms with E-state index in [1.54, 1.807) is 0 Å². The van der Waals surface area contributed by atoms with E-state index in [2.05, 4.69) is 36.8 Å². The van der Waals surface area contributed by atoms with Crippen molar-refractivity contribution < 1.29 is 4.74 Å². The second kappa shape index (κ2) is 7.51. The summed E-state index contributed by atoms with van der Waals surface area (Å²) < 4.78 is 6.83. The highest BCUT2D eigenvalue weighted by Crippen LogP contribution is 2.20. The first-order valence-electron chi connectivity index (χ1n) is 6.44. The molecule has 100 valence electrons. The molecule has 0 bridgehead atoms. The SMILES string of the molecule is BrCC1CCN(CCOc2cccc(Br)c2)CC1. The van der Waals surface area contributed by atoms with Gasteiger partial charge in [0.25, 0.3) is 0 Å². The molecule has 2 rings (SSSR count). The standard InChI is InChI=1S/C14H19Br2NO/c15-11-12-4-6-17(7-5-12)8-9-18-14-3-1-2-13(16)10-14/h1-3,10,12H,4-9,11H2. The summed E-state index contributed by atoms with van der Waals surface area (Å²) in [6, 6.07) is 8.03. The Kier molecular flexibility index (Phi) is 5.99. The third-order valence-corrected chi connectivity index (χ3v) is 4.81. The number of hydrogen-bond donors (Lipinski definition) is 0. The van der Waals surface area contributed by atoms with Crippen LogP contribution in [0.15, 0.2) is 28.7 Å². The van der Waals surface area contributed by atoms with Crippen molar-refractivity contribution in [2.24, 2.45) is 5.92 Å². The highest BCUT2D eigenvalue weighted by molar-refractivity contribution is 9.10. The van der Waals surface area contributed by atoms with Crippen molar-refractivity contribution in [1.29, 1.82) is 0 Å². The molecule has 18 heavy (non-hydrogen) atoms. The maximum atomic E-state index is 5.76. The Morgan fingerprint density at radius 3 is 2.72 bits per heavy atom. The first-order chi connectivity index (χ1) is 8.78. The van der Waals surface area contributed by atoms with Crippen molar-refractivity contribution >= 4 is 31.9 Å². The summed E-state index contributed by atoms with van der Waals surface area (Å²) in [5.41, 5.74) is 0. The average molecular weight is 377 g/mol. The molecule has 1 saturated heterocycles. The zero-order valence-electron chi connectivity index (χ0n) is 10.4. The molecule has 1 aliphatic heterocycles. The lowest BCUT2D eigenvalue weighted by atomic mass is 9.99. The summed E-state index contributed by atoms with van der Waals surface area (Å²) in [5, 5.41) is 1.15. The van der Waals surface area contributed by atoms with Gasteiger partial charge in [-0.1, -0.05) is 37.9 Å². The van der Waals surface area contributed by atoms with Gasteiger partial charge >= 0.3 is 0 Å². The van der Waals surface area contributed by atoms with Crippen LogP contribution in [0.5, 0.6) is 5.75 Å². The Balaban J connectivity index is 1.67. The third kappa shape index (κ3) is 4.56. The highest BCUT2D eigenvalue weighted by Gasteiger charge is 2.17. The number of benzene rings is 1. The van der Waals surface area contributed by atoms with Crippen LogP contribution in [0.1, 0.15) is 12.8 Å². The molecule has 4 heteroatoms. The van der Waals surface area contributed by atoms with Crippen molar-refractivity contribution in [3.8, 4) is 5.75 Å². The molecule has 1 aromatic carbocycles. The number of piperidine rings is 1. The number of likely N-dealkylation sites (tertiary alicyclic amines) is 1. The molecule has 0 N–H and O–H groups in total. The molecule has 1 aromatic rings. The molecule has 1 aliphatic rings. The molecule has 0 atom stereocenters. The van der Waals surface area contributed by atoms with Crippen molar-refractivity contribution in [1.82, 2.24) is 4.90 Å². The Morgan fingerprint density at radius 2 is 2.06 bits per heavy atom. The highest BCUT2D eigenvalue weighted by atomic mass is 79.9. The molecule has 0 amide bonds. The molecular formula is C14H19Br2NO. The molecule has 0 spiro atoms. The Morgan fingerprint density at radius 1 is 1.28 bits per heavy atom. The van der Waals surface area contributed by atoms with Gasteiger partial charge in [-0.2, -0.15) is 0 Å². The predicted molar refractivity (Wildman–Crippen MR) is 82.6 cm³/mol. The number of ether oxygens (including phenoxy) is 1. The van der Waals surface area contributed by atoms with E-state index in [9.17, 15) is 0 Å². The lowest BCUT2D eigenvalue weighted by Gasteiger charge is -2.30. The molecule has 0 radical (unpaired) electrons. The van der Waals surface area contributed by atoms with Crippen LogP contribution in [0.25, 0.3) is 0 Å². The van der Waals surface area contributed by atoms with E-state index in [0.717, 1.165) is 34.6 Å². The summed E-state index contributed by atoms with van der Waals surface area (Å²) in [6.07, 6.45) is 2.62. The molecule has 2 nitrogen and oxygen atoms in total. The van der Waals surface area contributed by atoms with Gasteiger partial charge in [-0.3, -0.25) is 4.90 Å². The number of hydrogen-bond acceptors (Lipinski definition) is 2. The third-order valence-electron chi connectivity index (χ3n) is 3.40. The largest absolute Gasteiger partial charge is 0.492 e. The maximum absolute atomic E-state index is 5.76. The zero-order valence-corrected chi connectivity index (χ0v) is 13.6. The smallest absolute Gasteiger partial charge is 0.120 e. The number of rotatable bonds is 5. The molecule has 0 aromatic heterocycles. The maximum Gasteiger partial charge on any atom is 0.120 e. The Hall–Kier alpha value is -0.0600. The quantitative estimate of drug-likeness (QED) is 0.721. The summed E-state index contributed by atoms with van der Waals surface area (Å²) in [4.78, 5) is 2.50. The van der Waals surface area contributed by atoms with Crippen LogP contribution in [0, 0.1) is 5.92 Å². The molecule has 1 fully saturated rings. The molecular weight excluding hydrogens is 358 g/mol. The lowest BCUT2D eigenvalue weighted by molar-refractivity contribution is 0.162. The van der Waals surface area contributed by atoms with E-state index < -0.39 is 0 Å². The summed E-state index contributed by atoms with van der Waals surface area (Å²) in [6.45, 7) is 4.22. The van der Waals surface area contributed by atoms with E-state index in [1.807, 2.05) is 24.3 Å². The fourth-order valence-electron chi connectivity index (χ4n) is 2.21. The molecule has 0 saturated carbocycles. The van der Waals surface area contributed by atoms with Crippen LogP contribution in [-0.4, -0.2) is 36.5 Å². The minimum atomic E-state index is 0.773. The van der Waals surface area contributed by atoms with Gasteiger partial charge < -0.3 is 4.74 Å². The summed E-state index contributed by atoms with van der Waals surface area (Å²) >= 11 is 7.02. The Labute approximate surface area is 126 Å². The first-order valence-corrected chi connectivity index (χ1v) is 8.36. The van der Waals surface area contributed by atoms with Gasteiger partial charge in [-0.15, -0.1) is 0 Å². The van der Waals surface area contributed by atoms with Gasteiger partial charge in [0.05, 0.1) is 0 Å². The zero-order chi connectivity index (χ0) is 12.8. The number of halogens is 2. The van der Waals surface area contributed by atoms with Crippen LogP contribution >= 0.6 is 31.9 Å². The van der Waals surface area contributed by atoms with Crippen LogP contribution in [0.2, 0.25) is 0 Å². The van der Waals surface area contributed by atoms with Gasteiger partial charge in [0.2, 0.25) is 0 Å². The van der Waals surface area contributed by atoms with Crippen molar-refractivity contribution in [3.63, 3.8) is 0 Å². The van der Waals surface area contributed by atoms with Crippen molar-refractivity contribution in [2.45, 2.75) is 12.8 Å². The molecule has 1 heterocycles. The van der Waals surface area contributed by atoms with E-state index in [1.165, 1.54) is 25.9 Å². The van der Waals surface area contributed by atoms with Crippen LogP contribution in [-0.2, 0) is 0 Å². The summed E-state index contributed by atoms with van der Waals surface area (Å²) in [7, 11) is 0. The van der Waals surface area contributed by atoms with Gasteiger partial charge in [0.15, 0.2) is 0 Å². The van der Waals surface area contributed by atoms with Crippen molar-refractivity contribution in [2.75, 3.05) is 31.6 Å². The molecule has 0 aliphatic carbocycles. The minimum absolute atomic E-state index is 0.773. The fourth-order valence-corrected chi connectivity index (χ4v) is 3.24. The van der Waals surface area contributed by atoms with E-state index in [4.69, 9.17) is 4.74 Å². The lowest BCUT2D eigenvalue weighted by Crippen LogP contribution is -2.36. The average Bonchev–Trinajstić information content (AvgIpc) is 2.40. The Bertz CT molecular complexity index is 365. The van der Waals surface area contributed by atoms with Gasteiger partial charge in [-0.25, -0.2) is 0 Å². The second-order valence-electron chi connectivity index (χ2n) is 4.75. The predicted octanol–water partition coefficient (Wildman–Crippen LogP) is 3.93. The van der Waals surface area contributed by atoms with Crippen LogP contribution < -0.4 is 4.74 Å². The summed E-state index contributed by atoms with van der Waals surface area (Å²) in [5.74, 6) is 1.81. The minimum Gasteiger partial charge on any atom is -0.492 e. The van der Waals surface area contributed by atoms with E-state index in [0.29, 0.717) is 0 Å². The fraction of sp³-hybridized carbons (Fsp3) is 0.571. The van der Waals surface area contributed by atoms with Gasteiger partial charge in [0, 0.05) is 16.3 Å². The van der Waals surface area contributed by atoms with Crippen LogP contribution in [0.4, 0.5) is 0 Å². The van der Waals surface area contributed by atoms with Crippen molar-refractivity contribution in [3.05, 3.63) is 28.7 Å². The molecule has 0 unspecified atom stereocenters. The van der Waals surface area contributed by atoms with E-state index in [-0.39, 0.29) is 0 Å². The topological polar surface area (TPSA) is 12.5 Å². The van der Waals surface area contributed by atoms with Crippen LogP contribution in [0.3, 0.4) is 0 Å². The number of nitrogens with zero attached hydrogens (tertiary/aromatic N) is 1. The monoisotopic (exact) mass is 375 g/mol.